The Hall–Kier alpha value is -0.980. The van der Waals surface area contributed by atoms with Crippen LogP contribution >= 0.6 is 15.9 Å². The van der Waals surface area contributed by atoms with E-state index in [-0.39, 0.29) is 29.7 Å². The Labute approximate surface area is 118 Å². The van der Waals surface area contributed by atoms with Crippen LogP contribution in [0.4, 0.5) is 4.39 Å². The number of nitrogens with two attached hydrogens (primary N) is 1. The van der Waals surface area contributed by atoms with Gasteiger partial charge in [-0.15, -0.1) is 0 Å². The predicted molar refractivity (Wildman–Crippen MR) is 71.2 cm³/mol. The molecule has 1 saturated carbocycles. The molecule has 4 unspecified atom stereocenters. The largest absolute Gasteiger partial charge is 0.376 e. The van der Waals surface area contributed by atoms with Crippen molar-refractivity contribution in [3.05, 3.63) is 34.1 Å². The van der Waals surface area contributed by atoms with E-state index >= 15 is 0 Å². The third kappa shape index (κ3) is 2.17. The highest BCUT2D eigenvalue weighted by Crippen LogP contribution is 2.37. The van der Waals surface area contributed by atoms with E-state index in [4.69, 9.17) is 10.5 Å². The Morgan fingerprint density at radius 3 is 3.11 bits per heavy atom. The third-order valence-corrected chi connectivity index (χ3v) is 4.61. The fourth-order valence-corrected chi connectivity index (χ4v) is 3.26. The first-order chi connectivity index (χ1) is 9.08. The maximum absolute atomic E-state index is 13.2. The van der Waals surface area contributed by atoms with Crippen LogP contribution in [-0.2, 0) is 4.74 Å². The molecule has 0 bridgehead atoms. The minimum absolute atomic E-state index is 0.00582. The molecule has 6 heteroatoms. The third-order valence-electron chi connectivity index (χ3n) is 3.92. The molecule has 2 aliphatic rings. The number of rotatable bonds is 2. The Morgan fingerprint density at radius 2 is 2.32 bits per heavy atom. The highest BCUT2D eigenvalue weighted by atomic mass is 79.9. The Morgan fingerprint density at radius 1 is 1.53 bits per heavy atom. The van der Waals surface area contributed by atoms with Gasteiger partial charge in [-0.3, -0.25) is 4.79 Å². The van der Waals surface area contributed by atoms with Crippen LogP contribution in [0, 0.1) is 11.7 Å². The molecule has 0 spiro atoms. The van der Waals surface area contributed by atoms with Gasteiger partial charge in [0.2, 0.25) is 0 Å². The summed E-state index contributed by atoms with van der Waals surface area (Å²) in [6.45, 7) is 0.694. The molecule has 1 amide bonds. The van der Waals surface area contributed by atoms with Crippen molar-refractivity contribution in [2.24, 2.45) is 11.7 Å². The minimum atomic E-state index is -0.443. The van der Waals surface area contributed by atoms with Gasteiger partial charge in [0.05, 0.1) is 17.7 Å². The Kier molecular flexibility index (Phi) is 3.32. The summed E-state index contributed by atoms with van der Waals surface area (Å²) in [5.41, 5.74) is 6.29. The summed E-state index contributed by atoms with van der Waals surface area (Å²) < 4.78 is 19.3. The van der Waals surface area contributed by atoms with E-state index < -0.39 is 5.82 Å². The van der Waals surface area contributed by atoms with E-state index in [0.717, 1.165) is 6.42 Å². The Balaban J connectivity index is 1.73. The molecule has 1 saturated heterocycles. The number of hydrogen-bond acceptors (Lipinski definition) is 3. The highest BCUT2D eigenvalue weighted by Gasteiger charge is 2.52. The fraction of sp³-hybridized carbons (Fsp3) is 0.462. The first-order valence-electron chi connectivity index (χ1n) is 6.21. The van der Waals surface area contributed by atoms with Crippen molar-refractivity contribution in [2.75, 3.05) is 6.61 Å². The fourth-order valence-electron chi connectivity index (χ4n) is 2.83. The van der Waals surface area contributed by atoms with Gasteiger partial charge in [-0.1, -0.05) is 0 Å². The minimum Gasteiger partial charge on any atom is -0.376 e. The molecule has 19 heavy (non-hydrogen) atoms. The standard InChI is InChI=1S/C13H14BrFN2O2/c14-9-2-1-6(15)5-8(9)13(18)17-11-10(16)7-3-4-19-12(7)11/h1-2,5,7,10-12H,3-4,16H2,(H,17,18). The van der Waals surface area contributed by atoms with Crippen LogP contribution in [0.5, 0.6) is 0 Å². The molecule has 3 rings (SSSR count). The zero-order valence-corrected chi connectivity index (χ0v) is 11.7. The molecule has 1 aliphatic heterocycles. The SMILES string of the molecule is NC1C2CCOC2C1NC(=O)c1cc(F)ccc1Br. The average molecular weight is 329 g/mol. The number of carbonyl (C=O) groups is 1. The maximum atomic E-state index is 13.2. The molecule has 102 valence electrons. The maximum Gasteiger partial charge on any atom is 0.252 e. The molecule has 2 fully saturated rings. The molecule has 1 heterocycles. The highest BCUT2D eigenvalue weighted by molar-refractivity contribution is 9.10. The van der Waals surface area contributed by atoms with Crippen LogP contribution in [0.25, 0.3) is 0 Å². The number of benzene rings is 1. The van der Waals surface area contributed by atoms with Gasteiger partial charge in [-0.2, -0.15) is 0 Å². The zero-order chi connectivity index (χ0) is 13.6. The molecule has 4 nitrogen and oxygen atoms in total. The first-order valence-corrected chi connectivity index (χ1v) is 7.00. The molecule has 1 aliphatic carbocycles. The van der Waals surface area contributed by atoms with Crippen molar-refractivity contribution in [3.8, 4) is 0 Å². The lowest BCUT2D eigenvalue weighted by Crippen LogP contribution is -2.68. The van der Waals surface area contributed by atoms with Crippen LogP contribution < -0.4 is 11.1 Å². The van der Waals surface area contributed by atoms with Crippen molar-refractivity contribution in [2.45, 2.75) is 24.6 Å². The van der Waals surface area contributed by atoms with Gasteiger partial charge in [0.15, 0.2) is 0 Å². The van der Waals surface area contributed by atoms with E-state index in [1.165, 1.54) is 18.2 Å². The molecule has 1 aromatic rings. The molecule has 1 aromatic carbocycles. The van der Waals surface area contributed by atoms with E-state index in [1.54, 1.807) is 0 Å². The van der Waals surface area contributed by atoms with Gasteiger partial charge < -0.3 is 15.8 Å². The molecule has 3 N–H and O–H groups in total. The van der Waals surface area contributed by atoms with Gasteiger partial charge in [-0.25, -0.2) is 4.39 Å². The molecule has 0 aromatic heterocycles. The van der Waals surface area contributed by atoms with Gasteiger partial charge >= 0.3 is 0 Å². The van der Waals surface area contributed by atoms with Gasteiger partial charge in [0, 0.05) is 23.0 Å². The number of fused-ring (bicyclic) bond motifs is 1. The quantitative estimate of drug-likeness (QED) is 0.863. The number of nitrogens with one attached hydrogen (secondary N) is 1. The van der Waals surface area contributed by atoms with Crippen LogP contribution in [0.1, 0.15) is 16.8 Å². The van der Waals surface area contributed by atoms with Gasteiger partial charge in [0.25, 0.3) is 5.91 Å². The molecule has 4 atom stereocenters. The summed E-state index contributed by atoms with van der Waals surface area (Å²) >= 11 is 3.24. The van der Waals surface area contributed by atoms with E-state index in [1.807, 2.05) is 0 Å². The topological polar surface area (TPSA) is 64.3 Å². The second kappa shape index (κ2) is 4.85. The Bertz CT molecular complexity index is 525. The van der Waals surface area contributed by atoms with Crippen molar-refractivity contribution in [1.29, 1.82) is 0 Å². The van der Waals surface area contributed by atoms with E-state index in [2.05, 4.69) is 21.2 Å². The lowest BCUT2D eigenvalue weighted by Gasteiger charge is -2.45. The second-order valence-corrected chi connectivity index (χ2v) is 5.84. The lowest BCUT2D eigenvalue weighted by molar-refractivity contribution is -0.0161. The van der Waals surface area contributed by atoms with Crippen LogP contribution in [0.3, 0.4) is 0 Å². The normalized spacial score (nSPS) is 32.6. The summed E-state index contributed by atoms with van der Waals surface area (Å²) in [5, 5.41) is 2.84. The molecular formula is C13H14BrFN2O2. The van der Waals surface area contributed by atoms with E-state index in [0.29, 0.717) is 17.0 Å². The predicted octanol–water partition coefficient (Wildman–Crippen LogP) is 1.43. The van der Waals surface area contributed by atoms with Gasteiger partial charge in [0.1, 0.15) is 5.82 Å². The van der Waals surface area contributed by atoms with Crippen LogP contribution in [-0.4, -0.2) is 30.7 Å². The summed E-state index contributed by atoms with van der Waals surface area (Å²) in [5.74, 6) is -0.441. The van der Waals surface area contributed by atoms with Crippen LogP contribution in [0.2, 0.25) is 0 Å². The summed E-state index contributed by atoms with van der Waals surface area (Å²) in [6.07, 6.45) is 0.952. The van der Waals surface area contributed by atoms with Crippen molar-refractivity contribution >= 4 is 21.8 Å². The van der Waals surface area contributed by atoms with Crippen molar-refractivity contribution < 1.29 is 13.9 Å². The molecular weight excluding hydrogens is 315 g/mol. The summed E-state index contributed by atoms with van der Waals surface area (Å²) in [6, 6.07) is 3.75. The van der Waals surface area contributed by atoms with Crippen LogP contribution in [0.15, 0.2) is 22.7 Å². The van der Waals surface area contributed by atoms with Gasteiger partial charge in [-0.05, 0) is 40.5 Å². The van der Waals surface area contributed by atoms with Crippen molar-refractivity contribution in [1.82, 2.24) is 5.32 Å². The second-order valence-electron chi connectivity index (χ2n) is 4.99. The van der Waals surface area contributed by atoms with E-state index in [9.17, 15) is 9.18 Å². The van der Waals surface area contributed by atoms with Crippen molar-refractivity contribution in [3.63, 3.8) is 0 Å². The average Bonchev–Trinajstić information content (AvgIpc) is 2.83. The number of carbonyl (C=O) groups excluding carboxylic acids is 1. The number of amides is 1. The first kappa shape index (κ1) is 13.0. The smallest absolute Gasteiger partial charge is 0.252 e. The zero-order valence-electron chi connectivity index (χ0n) is 10.1. The number of halogens is 2. The number of hydrogen-bond donors (Lipinski definition) is 2. The summed E-state index contributed by atoms with van der Waals surface area (Å²) in [4.78, 5) is 12.1. The number of ether oxygens (including phenoxy) is 1. The molecule has 0 radical (unpaired) electrons. The monoisotopic (exact) mass is 328 g/mol. The summed E-state index contributed by atoms with van der Waals surface area (Å²) in [7, 11) is 0. The lowest BCUT2D eigenvalue weighted by atomic mass is 9.72.